The molecule has 0 radical (unpaired) electrons. The molecule has 1 aliphatic heterocycles. The highest BCUT2D eigenvalue weighted by Crippen LogP contribution is 2.64. The first-order chi connectivity index (χ1) is 12.3. The average Bonchev–Trinajstić information content (AvgIpc) is 2.96. The van der Waals surface area contributed by atoms with Crippen molar-refractivity contribution in [2.45, 2.75) is 44.7 Å². The summed E-state index contributed by atoms with van der Waals surface area (Å²) in [6.45, 7) is 0.716. The zero-order valence-corrected chi connectivity index (χ0v) is 14.4. The van der Waals surface area contributed by atoms with E-state index in [9.17, 15) is 4.79 Å². The lowest BCUT2D eigenvalue weighted by Gasteiger charge is -2.48. The summed E-state index contributed by atoms with van der Waals surface area (Å²) >= 11 is 0. The van der Waals surface area contributed by atoms with Gasteiger partial charge in [-0.15, -0.1) is 0 Å². The zero-order chi connectivity index (χ0) is 16.9. The molecule has 2 aromatic rings. The van der Waals surface area contributed by atoms with Crippen LogP contribution in [0.4, 0.5) is 0 Å². The Kier molecular flexibility index (Phi) is 3.34. The van der Waals surface area contributed by atoms with E-state index in [0.717, 1.165) is 6.42 Å². The molecule has 1 saturated heterocycles. The number of benzene rings is 2. The molecule has 2 nitrogen and oxygen atoms in total. The van der Waals surface area contributed by atoms with Gasteiger partial charge < -0.3 is 4.90 Å². The summed E-state index contributed by atoms with van der Waals surface area (Å²) in [5.41, 5.74) is 5.63. The Balaban J connectivity index is 1.64. The molecule has 1 amide bonds. The summed E-state index contributed by atoms with van der Waals surface area (Å²) in [5, 5.41) is 0. The number of hydrogen-bond acceptors (Lipinski definition) is 1. The first-order valence-electron chi connectivity index (χ1n) is 9.43. The summed E-state index contributed by atoms with van der Waals surface area (Å²) in [6, 6.07) is 19.4. The third-order valence-corrected chi connectivity index (χ3v) is 6.39. The molecule has 1 heterocycles. The number of carbonyl (C=O) groups excluding carboxylic acids is 1. The van der Waals surface area contributed by atoms with Gasteiger partial charge in [-0.1, -0.05) is 60.7 Å². The first-order valence-corrected chi connectivity index (χ1v) is 9.43. The average molecular weight is 329 g/mol. The maximum atomic E-state index is 12.9. The molecule has 1 fully saturated rings. The molecule has 3 aliphatic rings. The number of carbonyl (C=O) groups is 1. The number of allylic oxidation sites excluding steroid dienone is 1. The van der Waals surface area contributed by atoms with Gasteiger partial charge in [-0.05, 0) is 47.9 Å². The molecule has 0 saturated carbocycles. The van der Waals surface area contributed by atoms with E-state index in [1.54, 1.807) is 0 Å². The number of nitrogens with zero attached hydrogens (tertiary/aromatic N) is 1. The Labute approximate surface area is 149 Å². The van der Waals surface area contributed by atoms with E-state index >= 15 is 0 Å². The number of hydrogen-bond donors (Lipinski definition) is 0. The third-order valence-electron chi connectivity index (χ3n) is 6.39. The van der Waals surface area contributed by atoms with Gasteiger partial charge in [0.25, 0.3) is 0 Å². The Morgan fingerprint density at radius 2 is 1.80 bits per heavy atom. The van der Waals surface area contributed by atoms with E-state index in [0.29, 0.717) is 18.9 Å². The maximum absolute atomic E-state index is 12.9. The molecule has 1 spiro atoms. The van der Waals surface area contributed by atoms with Crippen molar-refractivity contribution in [3.05, 3.63) is 77.4 Å². The largest absolute Gasteiger partial charge is 0.330 e. The van der Waals surface area contributed by atoms with Gasteiger partial charge in [-0.3, -0.25) is 4.79 Å². The number of piperidine rings is 1. The van der Waals surface area contributed by atoms with Crippen LogP contribution in [0, 0.1) is 5.41 Å². The van der Waals surface area contributed by atoms with Gasteiger partial charge in [0.1, 0.15) is 0 Å². The molecule has 0 bridgehead atoms. The Morgan fingerprint density at radius 1 is 1.00 bits per heavy atom. The quantitative estimate of drug-likeness (QED) is 0.749. The molecule has 2 heteroatoms. The molecule has 25 heavy (non-hydrogen) atoms. The van der Waals surface area contributed by atoms with Crippen molar-refractivity contribution < 1.29 is 4.79 Å². The summed E-state index contributed by atoms with van der Waals surface area (Å²) in [7, 11) is 0. The second-order valence-corrected chi connectivity index (χ2v) is 7.66. The van der Waals surface area contributed by atoms with Crippen molar-refractivity contribution >= 4 is 11.5 Å². The molecule has 2 aromatic carbocycles. The monoisotopic (exact) mass is 329 g/mol. The van der Waals surface area contributed by atoms with Crippen molar-refractivity contribution in [2.75, 3.05) is 0 Å². The van der Waals surface area contributed by atoms with Gasteiger partial charge in [-0.25, -0.2) is 0 Å². The van der Waals surface area contributed by atoms with Gasteiger partial charge in [-0.2, -0.15) is 0 Å². The van der Waals surface area contributed by atoms with Crippen molar-refractivity contribution in [2.24, 2.45) is 5.41 Å². The van der Waals surface area contributed by atoms with E-state index < -0.39 is 0 Å². The molecule has 2 atom stereocenters. The van der Waals surface area contributed by atoms with Crippen LogP contribution in [0.15, 0.2) is 60.7 Å². The van der Waals surface area contributed by atoms with Gasteiger partial charge >= 0.3 is 0 Å². The van der Waals surface area contributed by atoms with E-state index in [2.05, 4.69) is 59.5 Å². The van der Waals surface area contributed by atoms with Crippen LogP contribution in [-0.2, 0) is 11.3 Å². The number of likely N-dealkylation sites (tertiary alicyclic amines) is 1. The van der Waals surface area contributed by atoms with Crippen LogP contribution in [-0.4, -0.2) is 10.8 Å². The normalized spacial score (nSPS) is 27.4. The molecule has 0 unspecified atom stereocenters. The summed E-state index contributed by atoms with van der Waals surface area (Å²) in [6.07, 6.45) is 7.75. The molecule has 2 aliphatic carbocycles. The lowest BCUT2D eigenvalue weighted by molar-refractivity contribution is -0.142. The molecular weight excluding hydrogens is 306 g/mol. The van der Waals surface area contributed by atoms with Crippen LogP contribution >= 0.6 is 0 Å². The van der Waals surface area contributed by atoms with Crippen molar-refractivity contribution in [1.29, 1.82) is 0 Å². The molecule has 0 aromatic heterocycles. The summed E-state index contributed by atoms with van der Waals surface area (Å²) in [4.78, 5) is 15.1. The molecular formula is C23H23NO. The van der Waals surface area contributed by atoms with Crippen molar-refractivity contribution in [1.82, 2.24) is 4.90 Å². The number of rotatable bonds is 2. The number of amides is 1. The SMILES string of the molecule is O=C1CC[C@]23CCCC=C2c2ccccc2[C@@H]3N1Cc1ccccc1. The predicted molar refractivity (Wildman–Crippen MR) is 99.7 cm³/mol. The van der Waals surface area contributed by atoms with Crippen molar-refractivity contribution in [3.63, 3.8) is 0 Å². The minimum atomic E-state index is 0.143. The minimum Gasteiger partial charge on any atom is -0.330 e. The zero-order valence-electron chi connectivity index (χ0n) is 14.4. The fourth-order valence-corrected chi connectivity index (χ4v) is 5.38. The summed E-state index contributed by atoms with van der Waals surface area (Å²) < 4.78 is 0. The predicted octanol–water partition coefficient (Wildman–Crippen LogP) is 5.12. The summed E-state index contributed by atoms with van der Waals surface area (Å²) in [5.74, 6) is 0.307. The Morgan fingerprint density at radius 3 is 2.68 bits per heavy atom. The van der Waals surface area contributed by atoms with Gasteiger partial charge in [0.15, 0.2) is 0 Å². The standard InChI is InChI=1S/C23H23NO/c25-21-13-15-23-14-7-6-12-20(23)18-10-4-5-11-19(18)22(23)24(21)16-17-8-2-1-3-9-17/h1-5,8-12,22H,6-7,13-16H2/t22-,23+/m0/s1. The highest BCUT2D eigenvalue weighted by atomic mass is 16.2. The second-order valence-electron chi connectivity index (χ2n) is 7.66. The molecule has 0 N–H and O–H groups in total. The fraction of sp³-hybridized carbons (Fsp3) is 0.348. The highest BCUT2D eigenvalue weighted by Gasteiger charge is 2.55. The lowest BCUT2D eigenvalue weighted by atomic mass is 9.65. The number of fused-ring (bicyclic) bond motifs is 3. The van der Waals surface area contributed by atoms with Crippen LogP contribution in [0.5, 0.6) is 0 Å². The smallest absolute Gasteiger partial charge is 0.223 e. The van der Waals surface area contributed by atoms with Crippen LogP contribution in [0.3, 0.4) is 0 Å². The lowest BCUT2D eigenvalue weighted by Crippen LogP contribution is -2.47. The topological polar surface area (TPSA) is 20.3 Å². The van der Waals surface area contributed by atoms with Crippen LogP contribution in [0.25, 0.3) is 5.57 Å². The Bertz CT molecular complexity index is 853. The van der Waals surface area contributed by atoms with Crippen LogP contribution in [0.2, 0.25) is 0 Å². The van der Waals surface area contributed by atoms with Gasteiger partial charge in [0.05, 0.1) is 6.04 Å². The van der Waals surface area contributed by atoms with Crippen LogP contribution < -0.4 is 0 Å². The van der Waals surface area contributed by atoms with Crippen molar-refractivity contribution in [3.8, 4) is 0 Å². The van der Waals surface area contributed by atoms with E-state index in [1.807, 2.05) is 6.07 Å². The minimum absolute atomic E-state index is 0.143. The van der Waals surface area contributed by atoms with E-state index in [1.165, 1.54) is 41.5 Å². The molecule has 126 valence electrons. The fourth-order valence-electron chi connectivity index (χ4n) is 5.38. The first kappa shape index (κ1) is 14.9. The highest BCUT2D eigenvalue weighted by molar-refractivity contribution is 5.86. The Hall–Kier alpha value is -2.35. The second kappa shape index (κ2) is 5.59. The van der Waals surface area contributed by atoms with Gasteiger partial charge in [0, 0.05) is 18.4 Å². The van der Waals surface area contributed by atoms with Crippen LogP contribution in [0.1, 0.15) is 54.8 Å². The van der Waals surface area contributed by atoms with E-state index in [4.69, 9.17) is 0 Å². The maximum Gasteiger partial charge on any atom is 0.223 e. The third kappa shape index (κ3) is 2.13. The molecule has 5 rings (SSSR count). The van der Waals surface area contributed by atoms with Gasteiger partial charge in [0.2, 0.25) is 5.91 Å². The van der Waals surface area contributed by atoms with E-state index in [-0.39, 0.29) is 11.5 Å².